The van der Waals surface area contributed by atoms with Crippen molar-refractivity contribution in [3.63, 3.8) is 0 Å². The van der Waals surface area contributed by atoms with Crippen molar-refractivity contribution in [3.8, 4) is 11.4 Å². The number of nitrogens with one attached hydrogen (secondary N) is 1. The monoisotopic (exact) mass is 445 g/mol. The lowest BCUT2D eigenvalue weighted by Gasteiger charge is -2.31. The molecule has 0 unspecified atom stereocenters. The third-order valence-corrected chi connectivity index (χ3v) is 6.56. The molecule has 1 aliphatic carbocycles. The molecular weight excluding hydrogens is 418 g/mol. The lowest BCUT2D eigenvalue weighted by atomic mass is 9.85. The van der Waals surface area contributed by atoms with Gasteiger partial charge >= 0.3 is 0 Å². The Bertz CT molecular complexity index is 1120. The topological polar surface area (TPSA) is 101 Å². The Hall–Kier alpha value is -3.55. The van der Waals surface area contributed by atoms with Gasteiger partial charge in [-0.1, -0.05) is 23.4 Å². The Morgan fingerprint density at radius 2 is 1.88 bits per heavy atom. The van der Waals surface area contributed by atoms with Crippen molar-refractivity contribution >= 4 is 11.8 Å². The average molecular weight is 446 g/mol. The van der Waals surface area contributed by atoms with E-state index in [0.717, 1.165) is 48.9 Å². The summed E-state index contributed by atoms with van der Waals surface area (Å²) < 4.78 is 5.28. The predicted octanol–water partition coefficient (Wildman–Crippen LogP) is 3.40. The van der Waals surface area contributed by atoms with Gasteiger partial charge in [-0.15, -0.1) is 0 Å². The molecule has 1 saturated carbocycles. The zero-order chi connectivity index (χ0) is 22.6. The van der Waals surface area contributed by atoms with Gasteiger partial charge in [0.2, 0.25) is 17.6 Å². The van der Waals surface area contributed by atoms with Crippen LogP contribution in [-0.2, 0) is 17.8 Å². The Kier molecular flexibility index (Phi) is 6.15. The van der Waals surface area contributed by atoms with Crippen molar-refractivity contribution in [2.45, 2.75) is 51.1 Å². The van der Waals surface area contributed by atoms with Gasteiger partial charge in [0, 0.05) is 55.5 Å². The van der Waals surface area contributed by atoms with Gasteiger partial charge in [-0.25, -0.2) is 0 Å². The second-order valence-electron chi connectivity index (χ2n) is 8.88. The fourth-order valence-corrected chi connectivity index (χ4v) is 4.76. The van der Waals surface area contributed by atoms with Gasteiger partial charge in [-0.2, -0.15) is 4.98 Å². The lowest BCUT2D eigenvalue weighted by Crippen LogP contribution is -2.40. The molecule has 1 fully saturated rings. The van der Waals surface area contributed by atoms with E-state index in [1.54, 1.807) is 12.4 Å². The van der Waals surface area contributed by atoms with Crippen LogP contribution in [-0.4, -0.2) is 44.4 Å². The first kappa shape index (κ1) is 21.3. The van der Waals surface area contributed by atoms with Crippen molar-refractivity contribution in [1.82, 2.24) is 25.3 Å². The van der Waals surface area contributed by atoms with E-state index in [1.165, 1.54) is 0 Å². The largest absolute Gasteiger partial charge is 0.353 e. The molecule has 5 rings (SSSR count). The quantitative estimate of drug-likeness (QED) is 0.598. The van der Waals surface area contributed by atoms with Gasteiger partial charge in [0.15, 0.2) is 0 Å². The number of benzene rings is 1. The van der Waals surface area contributed by atoms with Crippen LogP contribution in [0.5, 0.6) is 0 Å². The number of hydrogen-bond donors (Lipinski definition) is 1. The summed E-state index contributed by atoms with van der Waals surface area (Å²) >= 11 is 0. The summed E-state index contributed by atoms with van der Waals surface area (Å²) in [6.45, 7) is 1.51. The fraction of sp³-hybridized carbons (Fsp3) is 0.400. The Morgan fingerprint density at radius 3 is 2.67 bits per heavy atom. The number of fused-ring (bicyclic) bond motifs is 1. The number of carbonyl (C=O) groups excluding carboxylic acids is 2. The van der Waals surface area contributed by atoms with E-state index < -0.39 is 0 Å². The fourth-order valence-electron chi connectivity index (χ4n) is 4.76. The molecule has 33 heavy (non-hydrogen) atoms. The molecule has 2 aliphatic rings. The molecule has 3 heterocycles. The molecule has 8 nitrogen and oxygen atoms in total. The molecule has 8 heteroatoms. The van der Waals surface area contributed by atoms with Crippen molar-refractivity contribution in [3.05, 3.63) is 65.8 Å². The van der Waals surface area contributed by atoms with Gasteiger partial charge in [0.1, 0.15) is 0 Å². The molecule has 0 saturated heterocycles. The van der Waals surface area contributed by atoms with E-state index in [1.807, 2.05) is 41.3 Å². The molecule has 0 radical (unpaired) electrons. The minimum absolute atomic E-state index is 0.00674. The molecule has 1 N–H and O–H groups in total. The van der Waals surface area contributed by atoms with Crippen LogP contribution in [0.4, 0.5) is 0 Å². The number of hydrogen-bond acceptors (Lipinski definition) is 6. The number of amides is 2. The number of carbonyl (C=O) groups is 2. The zero-order valence-electron chi connectivity index (χ0n) is 18.4. The summed E-state index contributed by atoms with van der Waals surface area (Å²) in [7, 11) is 0. The maximum Gasteiger partial charge on any atom is 0.254 e. The van der Waals surface area contributed by atoms with Gasteiger partial charge in [-0.3, -0.25) is 14.6 Å². The van der Waals surface area contributed by atoms with Crippen molar-refractivity contribution in [2.24, 2.45) is 5.92 Å². The van der Waals surface area contributed by atoms with E-state index in [2.05, 4.69) is 20.4 Å². The van der Waals surface area contributed by atoms with Crippen LogP contribution in [0.3, 0.4) is 0 Å². The number of aromatic nitrogens is 3. The average Bonchev–Trinajstić information content (AvgIpc) is 3.45. The Balaban J connectivity index is 1.04. The SMILES string of the molecule is O=C(CCc1nc(-c2ccncc2)no1)NC1CCC(CN2Cc3ccccc3C2=O)CC1. The first-order valence-corrected chi connectivity index (χ1v) is 11.6. The second-order valence-corrected chi connectivity index (χ2v) is 8.88. The normalized spacial score (nSPS) is 20.0. The van der Waals surface area contributed by atoms with Gasteiger partial charge in [0.25, 0.3) is 5.91 Å². The van der Waals surface area contributed by atoms with Crippen molar-refractivity contribution in [2.75, 3.05) is 6.54 Å². The van der Waals surface area contributed by atoms with E-state index in [4.69, 9.17) is 4.52 Å². The minimum Gasteiger partial charge on any atom is -0.353 e. The highest BCUT2D eigenvalue weighted by atomic mass is 16.5. The van der Waals surface area contributed by atoms with Gasteiger partial charge < -0.3 is 14.7 Å². The van der Waals surface area contributed by atoms with E-state index in [-0.39, 0.29) is 17.9 Å². The summed E-state index contributed by atoms with van der Waals surface area (Å²) in [5.41, 5.74) is 2.80. The third-order valence-electron chi connectivity index (χ3n) is 6.56. The highest BCUT2D eigenvalue weighted by Crippen LogP contribution is 2.29. The minimum atomic E-state index is 0.00674. The third kappa shape index (κ3) is 4.94. The summed E-state index contributed by atoms with van der Waals surface area (Å²) in [6.07, 6.45) is 8.00. The van der Waals surface area contributed by atoms with E-state index in [0.29, 0.717) is 37.0 Å². The standard InChI is InChI=1S/C25H27N5O3/c31-22(9-10-23-28-24(29-33-23)18-11-13-26-14-12-18)27-20-7-5-17(6-8-20)15-30-16-19-3-1-2-4-21(19)25(30)32/h1-4,11-14,17,20H,5-10,15-16H2,(H,27,31). The highest BCUT2D eigenvalue weighted by Gasteiger charge is 2.30. The van der Waals surface area contributed by atoms with Crippen LogP contribution in [0, 0.1) is 5.92 Å². The van der Waals surface area contributed by atoms with Crippen LogP contribution in [0.25, 0.3) is 11.4 Å². The number of nitrogens with zero attached hydrogens (tertiary/aromatic N) is 4. The van der Waals surface area contributed by atoms with Crippen LogP contribution < -0.4 is 5.32 Å². The first-order valence-electron chi connectivity index (χ1n) is 11.6. The molecule has 1 aliphatic heterocycles. The Labute approximate surface area is 192 Å². The van der Waals surface area contributed by atoms with Gasteiger partial charge in [0.05, 0.1) is 0 Å². The van der Waals surface area contributed by atoms with E-state index in [9.17, 15) is 9.59 Å². The second kappa shape index (κ2) is 9.52. The summed E-state index contributed by atoms with van der Waals surface area (Å²) in [5.74, 6) is 1.60. The zero-order valence-corrected chi connectivity index (χ0v) is 18.4. The first-order chi connectivity index (χ1) is 16.2. The number of pyridine rings is 1. The Morgan fingerprint density at radius 1 is 1.09 bits per heavy atom. The van der Waals surface area contributed by atoms with Crippen LogP contribution >= 0.6 is 0 Å². The smallest absolute Gasteiger partial charge is 0.254 e. The summed E-state index contributed by atoms with van der Waals surface area (Å²) in [6, 6.07) is 11.7. The molecule has 0 atom stereocenters. The molecule has 3 aromatic rings. The molecule has 2 aromatic heterocycles. The molecule has 2 amide bonds. The van der Waals surface area contributed by atoms with Crippen LogP contribution in [0.2, 0.25) is 0 Å². The van der Waals surface area contributed by atoms with Crippen molar-refractivity contribution in [1.29, 1.82) is 0 Å². The van der Waals surface area contributed by atoms with Crippen LogP contribution in [0.1, 0.15) is 53.9 Å². The maximum absolute atomic E-state index is 12.6. The number of rotatable bonds is 7. The van der Waals surface area contributed by atoms with Crippen LogP contribution in [0.15, 0.2) is 53.3 Å². The molecule has 170 valence electrons. The predicted molar refractivity (Wildman–Crippen MR) is 121 cm³/mol. The summed E-state index contributed by atoms with van der Waals surface area (Å²) in [4.78, 5) is 35.3. The number of aryl methyl sites for hydroxylation is 1. The lowest BCUT2D eigenvalue weighted by molar-refractivity contribution is -0.122. The maximum atomic E-state index is 12.6. The molecule has 0 bridgehead atoms. The molecule has 0 spiro atoms. The van der Waals surface area contributed by atoms with Crippen molar-refractivity contribution < 1.29 is 14.1 Å². The molecule has 1 aromatic carbocycles. The summed E-state index contributed by atoms with van der Waals surface area (Å²) in [5, 5.41) is 7.12. The highest BCUT2D eigenvalue weighted by molar-refractivity contribution is 5.98. The van der Waals surface area contributed by atoms with Gasteiger partial charge in [-0.05, 0) is 55.4 Å². The molecular formula is C25H27N5O3. The van der Waals surface area contributed by atoms with E-state index >= 15 is 0 Å².